The van der Waals surface area contributed by atoms with E-state index in [-0.39, 0.29) is 6.04 Å². The topological polar surface area (TPSA) is 3.24 Å². The first kappa shape index (κ1) is 17.7. The molecule has 0 fully saturated rings. The zero-order valence-electron chi connectivity index (χ0n) is 15.0. The van der Waals surface area contributed by atoms with E-state index < -0.39 is 0 Å². The van der Waals surface area contributed by atoms with E-state index in [2.05, 4.69) is 84.5 Å². The smallest absolute Gasteiger partial charge is 0.0908 e. The van der Waals surface area contributed by atoms with E-state index in [9.17, 15) is 0 Å². The van der Waals surface area contributed by atoms with E-state index in [0.29, 0.717) is 0 Å². The summed E-state index contributed by atoms with van der Waals surface area (Å²) >= 11 is 0. The Hall–Kier alpha value is -3.08. The maximum atomic E-state index is 3.42. The van der Waals surface area contributed by atoms with Gasteiger partial charge < -0.3 is 0 Å². The van der Waals surface area contributed by atoms with Crippen LogP contribution in [-0.2, 0) is 6.54 Å². The standard InChI is InChI=1S/C25H23N/c1-26(21-24-15-9-4-10-16-24)25(19-17-22-11-5-2-6-12-22)20-18-23-13-7-3-8-14-23/h2-17,19,25H,21H2,1H3/b19-17+. The summed E-state index contributed by atoms with van der Waals surface area (Å²) < 4.78 is 0. The largest absolute Gasteiger partial charge is 0.285 e. The summed E-state index contributed by atoms with van der Waals surface area (Å²) in [7, 11) is 2.12. The minimum atomic E-state index is 0.0376. The minimum Gasteiger partial charge on any atom is -0.285 e. The molecule has 26 heavy (non-hydrogen) atoms. The van der Waals surface area contributed by atoms with Crippen molar-refractivity contribution in [1.82, 2.24) is 4.90 Å². The Kier molecular flexibility index (Phi) is 6.42. The molecule has 1 heteroatoms. The average molecular weight is 337 g/mol. The molecule has 0 spiro atoms. The normalized spacial score (nSPS) is 11.9. The second kappa shape index (κ2) is 9.42. The van der Waals surface area contributed by atoms with E-state index in [1.807, 2.05) is 42.5 Å². The molecule has 0 aliphatic rings. The summed E-state index contributed by atoms with van der Waals surface area (Å²) in [5.74, 6) is 6.72. The lowest BCUT2D eigenvalue weighted by molar-refractivity contribution is 0.318. The molecule has 1 atom stereocenters. The molecule has 0 aliphatic heterocycles. The second-order valence-electron chi connectivity index (χ2n) is 6.25. The quantitative estimate of drug-likeness (QED) is 0.575. The summed E-state index contributed by atoms with van der Waals surface area (Å²) in [6.45, 7) is 0.855. The van der Waals surface area contributed by atoms with Crippen molar-refractivity contribution in [2.24, 2.45) is 0 Å². The number of rotatable bonds is 5. The maximum absolute atomic E-state index is 3.42. The fourth-order valence-electron chi connectivity index (χ4n) is 2.72. The van der Waals surface area contributed by atoms with Crippen molar-refractivity contribution in [2.45, 2.75) is 12.6 Å². The third-order valence-electron chi connectivity index (χ3n) is 4.16. The van der Waals surface area contributed by atoms with Crippen LogP contribution >= 0.6 is 0 Å². The van der Waals surface area contributed by atoms with Crippen LogP contribution in [0, 0.1) is 11.8 Å². The molecule has 3 rings (SSSR count). The van der Waals surface area contributed by atoms with Gasteiger partial charge in [0, 0.05) is 12.1 Å². The zero-order chi connectivity index (χ0) is 18.0. The monoisotopic (exact) mass is 337 g/mol. The van der Waals surface area contributed by atoms with Crippen LogP contribution in [0.5, 0.6) is 0 Å². The van der Waals surface area contributed by atoms with E-state index in [4.69, 9.17) is 0 Å². The highest BCUT2D eigenvalue weighted by Crippen LogP contribution is 2.10. The SMILES string of the molecule is CN(Cc1ccccc1)C(C#Cc1ccccc1)/C=C/c1ccccc1. The van der Waals surface area contributed by atoms with Crippen molar-refractivity contribution in [1.29, 1.82) is 0 Å². The van der Waals surface area contributed by atoms with Gasteiger partial charge in [0.05, 0.1) is 6.04 Å². The lowest BCUT2D eigenvalue weighted by Crippen LogP contribution is -2.28. The van der Waals surface area contributed by atoms with E-state index in [1.54, 1.807) is 0 Å². The van der Waals surface area contributed by atoms with E-state index >= 15 is 0 Å². The summed E-state index contributed by atoms with van der Waals surface area (Å²) in [6.07, 6.45) is 4.32. The van der Waals surface area contributed by atoms with Gasteiger partial charge in [-0.3, -0.25) is 4.90 Å². The van der Waals surface area contributed by atoms with Crippen molar-refractivity contribution >= 4 is 6.08 Å². The van der Waals surface area contributed by atoms with Gasteiger partial charge >= 0.3 is 0 Å². The highest BCUT2D eigenvalue weighted by molar-refractivity contribution is 5.51. The average Bonchev–Trinajstić information content (AvgIpc) is 2.70. The fourth-order valence-corrected chi connectivity index (χ4v) is 2.72. The van der Waals surface area contributed by atoms with Crippen LogP contribution in [0.4, 0.5) is 0 Å². The number of hydrogen-bond donors (Lipinski definition) is 0. The Morgan fingerprint density at radius 2 is 1.38 bits per heavy atom. The first-order valence-corrected chi connectivity index (χ1v) is 8.85. The Labute approximate surface area is 156 Å². The maximum Gasteiger partial charge on any atom is 0.0908 e. The highest BCUT2D eigenvalue weighted by atomic mass is 15.1. The number of benzene rings is 3. The molecule has 0 saturated carbocycles. The Balaban J connectivity index is 1.81. The first-order valence-electron chi connectivity index (χ1n) is 8.85. The summed E-state index contributed by atoms with van der Waals surface area (Å²) in [4.78, 5) is 2.27. The number of nitrogens with zero attached hydrogens (tertiary/aromatic N) is 1. The van der Waals surface area contributed by atoms with Crippen LogP contribution < -0.4 is 0 Å². The lowest BCUT2D eigenvalue weighted by atomic mass is 10.1. The van der Waals surface area contributed by atoms with Gasteiger partial charge in [0.2, 0.25) is 0 Å². The Morgan fingerprint density at radius 3 is 2.04 bits per heavy atom. The van der Waals surface area contributed by atoms with Gasteiger partial charge in [-0.25, -0.2) is 0 Å². The van der Waals surface area contributed by atoms with Crippen molar-refractivity contribution < 1.29 is 0 Å². The van der Waals surface area contributed by atoms with Crippen LogP contribution in [0.25, 0.3) is 6.08 Å². The molecule has 3 aromatic rings. The zero-order valence-corrected chi connectivity index (χ0v) is 15.0. The molecule has 0 bridgehead atoms. The van der Waals surface area contributed by atoms with Gasteiger partial charge in [-0.2, -0.15) is 0 Å². The molecule has 0 heterocycles. The molecule has 0 aromatic heterocycles. The molecule has 0 amide bonds. The molecule has 3 aromatic carbocycles. The molecular formula is C25H23N. The van der Waals surface area contributed by atoms with E-state index in [1.165, 1.54) is 11.1 Å². The Morgan fingerprint density at radius 1 is 0.808 bits per heavy atom. The van der Waals surface area contributed by atoms with Gasteiger partial charge in [-0.15, -0.1) is 0 Å². The summed E-state index contributed by atoms with van der Waals surface area (Å²) in [5, 5.41) is 0. The Bertz CT molecular complexity index is 871. The second-order valence-corrected chi connectivity index (χ2v) is 6.25. The lowest BCUT2D eigenvalue weighted by Gasteiger charge is -2.21. The molecule has 1 nitrogen and oxygen atoms in total. The van der Waals surface area contributed by atoms with Crippen LogP contribution in [0.15, 0.2) is 97.1 Å². The fraction of sp³-hybridized carbons (Fsp3) is 0.120. The van der Waals surface area contributed by atoms with Gasteiger partial charge in [0.25, 0.3) is 0 Å². The van der Waals surface area contributed by atoms with Crippen LogP contribution in [0.1, 0.15) is 16.7 Å². The van der Waals surface area contributed by atoms with Gasteiger partial charge in [0.15, 0.2) is 0 Å². The molecular weight excluding hydrogens is 314 g/mol. The van der Waals surface area contributed by atoms with Crippen molar-refractivity contribution in [3.05, 3.63) is 114 Å². The molecule has 0 radical (unpaired) electrons. The third-order valence-corrected chi connectivity index (χ3v) is 4.16. The van der Waals surface area contributed by atoms with Crippen LogP contribution in [0.3, 0.4) is 0 Å². The number of likely N-dealkylation sites (N-methyl/N-ethyl adjacent to an activating group) is 1. The van der Waals surface area contributed by atoms with Crippen LogP contribution in [0.2, 0.25) is 0 Å². The predicted molar refractivity (Wildman–Crippen MR) is 110 cm³/mol. The van der Waals surface area contributed by atoms with Gasteiger partial charge in [0.1, 0.15) is 0 Å². The summed E-state index contributed by atoms with van der Waals surface area (Å²) in [5.41, 5.74) is 3.51. The molecule has 0 N–H and O–H groups in total. The van der Waals surface area contributed by atoms with E-state index in [0.717, 1.165) is 12.1 Å². The molecule has 0 saturated heterocycles. The van der Waals surface area contributed by atoms with Crippen molar-refractivity contribution in [3.63, 3.8) is 0 Å². The van der Waals surface area contributed by atoms with Crippen molar-refractivity contribution in [2.75, 3.05) is 7.05 Å². The number of hydrogen-bond acceptors (Lipinski definition) is 1. The molecule has 0 aliphatic carbocycles. The molecule has 128 valence electrons. The minimum absolute atomic E-state index is 0.0376. The van der Waals surface area contributed by atoms with Crippen molar-refractivity contribution in [3.8, 4) is 11.8 Å². The van der Waals surface area contributed by atoms with Gasteiger partial charge in [-0.05, 0) is 30.3 Å². The predicted octanol–water partition coefficient (Wildman–Crippen LogP) is 5.25. The third kappa shape index (κ3) is 5.48. The molecule has 1 unspecified atom stereocenters. The highest BCUT2D eigenvalue weighted by Gasteiger charge is 2.09. The van der Waals surface area contributed by atoms with Gasteiger partial charge in [-0.1, -0.05) is 103 Å². The summed E-state index contributed by atoms with van der Waals surface area (Å²) in [6, 6.07) is 31.0. The first-order chi connectivity index (χ1) is 12.8. The van der Waals surface area contributed by atoms with Crippen LogP contribution in [-0.4, -0.2) is 18.0 Å².